The predicted octanol–water partition coefficient (Wildman–Crippen LogP) is 4.16. The minimum absolute atomic E-state index is 0.253. The number of imidazole rings is 1. The molecule has 9 nitrogen and oxygen atoms in total. The molecule has 10 heteroatoms. The summed E-state index contributed by atoms with van der Waals surface area (Å²) in [4.78, 5) is 30.1. The van der Waals surface area contributed by atoms with E-state index in [9.17, 15) is 9.59 Å². The fourth-order valence-corrected chi connectivity index (χ4v) is 4.23. The van der Waals surface area contributed by atoms with Crippen molar-refractivity contribution in [2.75, 3.05) is 5.43 Å². The number of fused-ring (bicyclic) bond motifs is 1. The first-order chi connectivity index (χ1) is 18.4. The molecule has 0 unspecified atom stereocenters. The minimum Gasteiger partial charge on any atom is -0.489 e. The summed E-state index contributed by atoms with van der Waals surface area (Å²) in [5.41, 5.74) is 5.26. The molecule has 0 saturated heterocycles. The lowest BCUT2D eigenvalue weighted by atomic mass is 10.2. The molecule has 1 N–H and O–H groups in total. The van der Waals surface area contributed by atoms with Crippen molar-refractivity contribution in [3.63, 3.8) is 0 Å². The lowest BCUT2D eigenvalue weighted by Gasteiger charge is -2.10. The van der Waals surface area contributed by atoms with Crippen LogP contribution in [-0.2, 0) is 27.2 Å². The Morgan fingerprint density at radius 3 is 2.39 bits per heavy atom. The van der Waals surface area contributed by atoms with Crippen molar-refractivity contribution >= 4 is 34.9 Å². The number of anilines is 1. The number of rotatable bonds is 8. The van der Waals surface area contributed by atoms with E-state index in [-0.39, 0.29) is 17.7 Å². The van der Waals surface area contributed by atoms with Gasteiger partial charge in [-0.05, 0) is 47.0 Å². The summed E-state index contributed by atoms with van der Waals surface area (Å²) in [6, 6.07) is 24.8. The van der Waals surface area contributed by atoms with Gasteiger partial charge in [0.2, 0.25) is 5.95 Å². The second-order valence-electron chi connectivity index (χ2n) is 8.70. The van der Waals surface area contributed by atoms with Crippen LogP contribution in [0.2, 0.25) is 5.02 Å². The Balaban J connectivity index is 1.40. The summed E-state index contributed by atoms with van der Waals surface area (Å²) in [6.45, 7) is 0.744. The predicted molar refractivity (Wildman–Crippen MR) is 149 cm³/mol. The molecule has 0 saturated carbocycles. The Kier molecular flexibility index (Phi) is 7.10. The highest BCUT2D eigenvalue weighted by Gasteiger charge is 2.19. The number of ether oxygens (including phenoxy) is 1. The maximum atomic E-state index is 13.1. The fraction of sp³-hybridized carbons (Fsp3) is 0.143. The third kappa shape index (κ3) is 5.09. The van der Waals surface area contributed by atoms with Gasteiger partial charge in [-0.25, -0.2) is 10.2 Å². The van der Waals surface area contributed by atoms with Gasteiger partial charge in [0.25, 0.3) is 5.56 Å². The van der Waals surface area contributed by atoms with Crippen LogP contribution in [0.25, 0.3) is 11.2 Å². The molecule has 5 rings (SSSR count). The van der Waals surface area contributed by atoms with Crippen LogP contribution in [-0.4, -0.2) is 24.9 Å². The monoisotopic (exact) mass is 528 g/mol. The SMILES string of the molecule is Cn1c(=O)c2c(nc(NN=Cc3ccc(OCc4ccccc4)cc3)n2Cc2ccccc2Cl)n(C)c1=O. The van der Waals surface area contributed by atoms with Crippen molar-refractivity contribution in [2.45, 2.75) is 13.2 Å². The van der Waals surface area contributed by atoms with Crippen LogP contribution in [0.1, 0.15) is 16.7 Å². The summed E-state index contributed by atoms with van der Waals surface area (Å²) in [5.74, 6) is 1.05. The van der Waals surface area contributed by atoms with Gasteiger partial charge >= 0.3 is 5.69 Å². The van der Waals surface area contributed by atoms with E-state index in [1.807, 2.05) is 72.8 Å². The number of aryl methyl sites for hydroxylation is 1. The quantitative estimate of drug-likeness (QED) is 0.241. The van der Waals surface area contributed by atoms with Crippen molar-refractivity contribution in [2.24, 2.45) is 19.2 Å². The van der Waals surface area contributed by atoms with Gasteiger partial charge in [0, 0.05) is 19.1 Å². The lowest BCUT2D eigenvalue weighted by molar-refractivity contribution is 0.306. The minimum atomic E-state index is -0.463. The molecule has 0 spiro atoms. The zero-order chi connectivity index (χ0) is 26.6. The molecular formula is C28H25ClN6O3. The zero-order valence-corrected chi connectivity index (χ0v) is 21.6. The molecule has 0 aliphatic rings. The number of hydrogen-bond donors (Lipinski definition) is 1. The van der Waals surface area contributed by atoms with E-state index >= 15 is 0 Å². The Labute approximate surface area is 223 Å². The summed E-state index contributed by atoms with van der Waals surface area (Å²) in [6.07, 6.45) is 1.64. The molecule has 3 aromatic carbocycles. The molecule has 192 valence electrons. The first-order valence-electron chi connectivity index (χ1n) is 11.9. The van der Waals surface area contributed by atoms with Crippen molar-refractivity contribution < 1.29 is 4.74 Å². The first-order valence-corrected chi connectivity index (χ1v) is 12.3. The summed E-state index contributed by atoms with van der Waals surface area (Å²) in [7, 11) is 3.01. The van der Waals surface area contributed by atoms with Crippen molar-refractivity contribution in [3.05, 3.63) is 121 Å². The molecule has 0 radical (unpaired) electrons. The van der Waals surface area contributed by atoms with Crippen LogP contribution < -0.4 is 21.4 Å². The molecule has 0 atom stereocenters. The van der Waals surface area contributed by atoms with Crippen LogP contribution >= 0.6 is 11.6 Å². The van der Waals surface area contributed by atoms with Crippen LogP contribution in [0.3, 0.4) is 0 Å². The summed E-state index contributed by atoms with van der Waals surface area (Å²) in [5, 5.41) is 4.89. The van der Waals surface area contributed by atoms with Gasteiger partial charge in [-0.15, -0.1) is 0 Å². The van der Waals surface area contributed by atoms with Gasteiger partial charge in [-0.1, -0.05) is 60.1 Å². The van der Waals surface area contributed by atoms with E-state index in [0.29, 0.717) is 17.6 Å². The number of nitrogens with zero attached hydrogens (tertiary/aromatic N) is 5. The summed E-state index contributed by atoms with van der Waals surface area (Å²) < 4.78 is 9.90. The number of hydrazone groups is 1. The normalized spacial score (nSPS) is 11.3. The Morgan fingerprint density at radius 1 is 0.947 bits per heavy atom. The molecular weight excluding hydrogens is 504 g/mol. The van der Waals surface area contributed by atoms with Crippen LogP contribution in [0.5, 0.6) is 5.75 Å². The van der Waals surface area contributed by atoms with Gasteiger partial charge in [0.15, 0.2) is 11.2 Å². The van der Waals surface area contributed by atoms with E-state index in [0.717, 1.165) is 27.0 Å². The molecule has 0 amide bonds. The highest BCUT2D eigenvalue weighted by molar-refractivity contribution is 6.31. The van der Waals surface area contributed by atoms with E-state index in [2.05, 4.69) is 15.5 Å². The largest absolute Gasteiger partial charge is 0.489 e. The number of aromatic nitrogens is 4. The van der Waals surface area contributed by atoms with Gasteiger partial charge < -0.3 is 4.74 Å². The summed E-state index contributed by atoms with van der Waals surface area (Å²) >= 11 is 6.39. The third-order valence-corrected chi connectivity index (χ3v) is 6.51. The van der Waals surface area contributed by atoms with Crippen LogP contribution in [0, 0.1) is 0 Å². The highest BCUT2D eigenvalue weighted by Crippen LogP contribution is 2.22. The molecule has 2 aromatic heterocycles. The molecule has 0 aliphatic carbocycles. The van der Waals surface area contributed by atoms with Crippen molar-refractivity contribution in [3.8, 4) is 5.75 Å². The van der Waals surface area contributed by atoms with Gasteiger partial charge in [0.05, 0.1) is 12.8 Å². The maximum Gasteiger partial charge on any atom is 0.332 e. The number of halogens is 1. The Hall–Kier alpha value is -4.63. The van der Waals surface area contributed by atoms with E-state index in [1.54, 1.807) is 23.9 Å². The highest BCUT2D eigenvalue weighted by atomic mass is 35.5. The molecule has 0 fully saturated rings. The molecule has 5 aromatic rings. The first kappa shape index (κ1) is 25.0. The number of hydrogen-bond acceptors (Lipinski definition) is 6. The van der Waals surface area contributed by atoms with Gasteiger partial charge in [-0.2, -0.15) is 10.1 Å². The molecule has 38 heavy (non-hydrogen) atoms. The van der Waals surface area contributed by atoms with E-state index in [4.69, 9.17) is 16.3 Å². The molecule has 0 aliphatic heterocycles. The molecule has 0 bridgehead atoms. The second kappa shape index (κ2) is 10.8. The van der Waals surface area contributed by atoms with E-state index in [1.165, 1.54) is 11.6 Å². The third-order valence-electron chi connectivity index (χ3n) is 6.14. The smallest absolute Gasteiger partial charge is 0.332 e. The van der Waals surface area contributed by atoms with Crippen LogP contribution in [0.4, 0.5) is 5.95 Å². The Bertz CT molecular complexity index is 1740. The average Bonchev–Trinajstić information content (AvgIpc) is 3.30. The van der Waals surface area contributed by atoms with Crippen LogP contribution in [0.15, 0.2) is 93.6 Å². The fourth-order valence-electron chi connectivity index (χ4n) is 4.04. The van der Waals surface area contributed by atoms with E-state index < -0.39 is 11.2 Å². The van der Waals surface area contributed by atoms with Gasteiger partial charge in [-0.3, -0.25) is 18.5 Å². The van der Waals surface area contributed by atoms with Gasteiger partial charge in [0.1, 0.15) is 12.4 Å². The Morgan fingerprint density at radius 2 is 1.66 bits per heavy atom. The molecule has 2 heterocycles. The second-order valence-corrected chi connectivity index (χ2v) is 9.11. The van der Waals surface area contributed by atoms with Crippen molar-refractivity contribution in [1.29, 1.82) is 0 Å². The lowest BCUT2D eigenvalue weighted by Crippen LogP contribution is -2.37. The maximum absolute atomic E-state index is 13.1. The topological polar surface area (TPSA) is 95.4 Å². The standard InChI is InChI=1S/C28H25ClN6O3/c1-33-25-24(26(36)34(2)28(33)37)35(17-21-10-6-7-11-23(21)29)27(31-25)32-30-16-19-12-14-22(15-13-19)38-18-20-8-4-3-5-9-20/h3-16H,17-18H2,1-2H3,(H,31,32). The number of benzene rings is 3. The van der Waals surface area contributed by atoms with Crippen molar-refractivity contribution in [1.82, 2.24) is 18.7 Å². The number of nitrogens with one attached hydrogen (secondary N) is 1. The zero-order valence-electron chi connectivity index (χ0n) is 20.8. The average molecular weight is 529 g/mol.